The number of rotatable bonds is 3. The van der Waals surface area contributed by atoms with Crippen molar-refractivity contribution in [2.24, 2.45) is 13.0 Å². The molecule has 3 rings (SSSR count). The van der Waals surface area contributed by atoms with E-state index in [1.165, 1.54) is 25.7 Å². The molecule has 0 bridgehead atoms. The molecule has 1 aliphatic heterocycles. The molecule has 21 heavy (non-hydrogen) atoms. The van der Waals surface area contributed by atoms with Crippen LogP contribution in [0, 0.1) is 5.92 Å². The van der Waals surface area contributed by atoms with Gasteiger partial charge in [-0.05, 0) is 41.1 Å². The van der Waals surface area contributed by atoms with E-state index in [1.54, 1.807) is 6.33 Å². The molecule has 114 valence electrons. The fourth-order valence-corrected chi connectivity index (χ4v) is 4.08. The average molecular weight is 352 g/mol. The van der Waals surface area contributed by atoms with E-state index < -0.39 is 0 Å². The summed E-state index contributed by atoms with van der Waals surface area (Å²) in [6.07, 6.45) is 6.61. The van der Waals surface area contributed by atoms with Crippen LogP contribution in [0.15, 0.2) is 10.9 Å². The molecule has 2 unspecified atom stereocenters. The topological polar surface area (TPSA) is 46.8 Å². The molecule has 0 spiro atoms. The maximum atomic E-state index is 4.60. The summed E-state index contributed by atoms with van der Waals surface area (Å²) in [6, 6.07) is 0.564. The summed E-state index contributed by atoms with van der Waals surface area (Å²) in [5, 5.41) is 5.48. The molecule has 2 aromatic heterocycles. The first-order valence-electron chi connectivity index (χ1n) is 7.73. The molecular formula is C15H22BrN5. The first-order valence-corrected chi connectivity index (χ1v) is 8.52. The van der Waals surface area contributed by atoms with Crippen LogP contribution in [-0.4, -0.2) is 32.3 Å². The highest BCUT2D eigenvalue weighted by molar-refractivity contribution is 9.10. The van der Waals surface area contributed by atoms with E-state index in [-0.39, 0.29) is 0 Å². The van der Waals surface area contributed by atoms with Crippen molar-refractivity contribution in [3.63, 3.8) is 0 Å². The number of hydrogen-bond acceptors (Lipinski definition) is 4. The van der Waals surface area contributed by atoms with E-state index in [9.17, 15) is 0 Å². The van der Waals surface area contributed by atoms with E-state index in [0.717, 1.165) is 28.0 Å². The van der Waals surface area contributed by atoms with Crippen LogP contribution in [0.5, 0.6) is 0 Å². The van der Waals surface area contributed by atoms with Crippen molar-refractivity contribution in [3.8, 4) is 0 Å². The van der Waals surface area contributed by atoms with Crippen LogP contribution in [-0.2, 0) is 7.05 Å². The summed E-state index contributed by atoms with van der Waals surface area (Å²) in [5.74, 6) is 1.74. The predicted octanol–water partition coefficient (Wildman–Crippen LogP) is 3.53. The van der Waals surface area contributed by atoms with Crippen molar-refractivity contribution >= 4 is 32.8 Å². The summed E-state index contributed by atoms with van der Waals surface area (Å²) in [4.78, 5) is 11.5. The summed E-state index contributed by atoms with van der Waals surface area (Å²) >= 11 is 3.57. The van der Waals surface area contributed by atoms with Crippen LogP contribution >= 0.6 is 15.9 Å². The maximum absolute atomic E-state index is 4.60. The fourth-order valence-electron chi connectivity index (χ4n) is 3.49. The zero-order chi connectivity index (χ0) is 15.0. The molecule has 0 radical (unpaired) electrons. The molecule has 1 saturated heterocycles. The minimum absolute atomic E-state index is 0.564. The van der Waals surface area contributed by atoms with Crippen LogP contribution in [0.4, 0.5) is 5.82 Å². The zero-order valence-corrected chi connectivity index (χ0v) is 14.5. The van der Waals surface area contributed by atoms with Gasteiger partial charge in [-0.15, -0.1) is 0 Å². The minimum atomic E-state index is 0.564. The van der Waals surface area contributed by atoms with Crippen LogP contribution in [0.2, 0.25) is 0 Å². The van der Waals surface area contributed by atoms with Gasteiger partial charge in [0.15, 0.2) is 5.65 Å². The molecule has 0 N–H and O–H groups in total. The number of piperidine rings is 1. The quantitative estimate of drug-likeness (QED) is 0.848. The zero-order valence-electron chi connectivity index (χ0n) is 12.9. The van der Waals surface area contributed by atoms with Crippen molar-refractivity contribution in [2.45, 2.75) is 45.6 Å². The van der Waals surface area contributed by atoms with E-state index in [4.69, 9.17) is 0 Å². The first kappa shape index (κ1) is 14.8. The Bertz CT molecular complexity index is 638. The van der Waals surface area contributed by atoms with Gasteiger partial charge < -0.3 is 4.90 Å². The van der Waals surface area contributed by atoms with Gasteiger partial charge in [0.1, 0.15) is 16.7 Å². The SMILES string of the molecule is CCCC1C(C)CCCN1c1ncnc2c1c(Br)nn2C. The molecule has 0 aromatic carbocycles. The second-order valence-electron chi connectivity index (χ2n) is 5.98. The molecular weight excluding hydrogens is 330 g/mol. The lowest BCUT2D eigenvalue weighted by molar-refractivity contribution is 0.326. The standard InChI is InChI=1S/C15H22BrN5/c1-4-6-11-10(2)7-5-8-21(11)15-12-13(16)19-20(3)14(12)17-9-18-15/h9-11H,4-8H2,1-3H3. The smallest absolute Gasteiger partial charge is 0.164 e. The Hall–Kier alpha value is -1.17. The van der Waals surface area contributed by atoms with Crippen molar-refractivity contribution in [2.75, 3.05) is 11.4 Å². The van der Waals surface area contributed by atoms with Crippen molar-refractivity contribution < 1.29 is 0 Å². The molecule has 1 fully saturated rings. The van der Waals surface area contributed by atoms with Gasteiger partial charge in [-0.1, -0.05) is 20.3 Å². The van der Waals surface area contributed by atoms with E-state index in [0.29, 0.717) is 12.0 Å². The third-order valence-corrected chi connectivity index (χ3v) is 5.09. The molecule has 0 aliphatic carbocycles. The summed E-state index contributed by atoms with van der Waals surface area (Å²) in [5.41, 5.74) is 0.889. The van der Waals surface area contributed by atoms with Crippen LogP contribution in [0.1, 0.15) is 39.5 Å². The molecule has 1 aliphatic rings. The largest absolute Gasteiger partial charge is 0.353 e. The van der Waals surface area contributed by atoms with Crippen molar-refractivity contribution in [1.29, 1.82) is 0 Å². The molecule has 0 amide bonds. The van der Waals surface area contributed by atoms with Crippen LogP contribution in [0.25, 0.3) is 11.0 Å². The Morgan fingerprint density at radius 1 is 1.38 bits per heavy atom. The van der Waals surface area contributed by atoms with Crippen LogP contribution < -0.4 is 4.90 Å². The van der Waals surface area contributed by atoms with E-state index in [1.807, 2.05) is 11.7 Å². The van der Waals surface area contributed by atoms with Gasteiger partial charge in [-0.25, -0.2) is 14.6 Å². The van der Waals surface area contributed by atoms with Crippen molar-refractivity contribution in [3.05, 3.63) is 10.9 Å². The predicted molar refractivity (Wildman–Crippen MR) is 88.4 cm³/mol. The number of fused-ring (bicyclic) bond motifs is 1. The highest BCUT2D eigenvalue weighted by Crippen LogP contribution is 2.35. The second kappa shape index (κ2) is 5.91. The Morgan fingerprint density at radius 3 is 2.95 bits per heavy atom. The highest BCUT2D eigenvalue weighted by Gasteiger charge is 2.30. The number of aromatic nitrogens is 4. The molecule has 2 aromatic rings. The number of anilines is 1. The van der Waals surface area contributed by atoms with Gasteiger partial charge in [-0.3, -0.25) is 0 Å². The summed E-state index contributed by atoms with van der Waals surface area (Å²) in [6.45, 7) is 5.70. The van der Waals surface area contributed by atoms with Gasteiger partial charge in [0.2, 0.25) is 0 Å². The average Bonchev–Trinajstić information content (AvgIpc) is 2.77. The fraction of sp³-hybridized carbons (Fsp3) is 0.667. The normalized spacial score (nSPS) is 23.0. The number of aryl methyl sites for hydroxylation is 1. The lowest BCUT2D eigenvalue weighted by atomic mass is 9.88. The molecule has 6 heteroatoms. The summed E-state index contributed by atoms with van der Waals surface area (Å²) in [7, 11) is 1.92. The number of halogens is 1. The third kappa shape index (κ3) is 2.54. The summed E-state index contributed by atoms with van der Waals surface area (Å²) < 4.78 is 2.65. The second-order valence-corrected chi connectivity index (χ2v) is 6.73. The van der Waals surface area contributed by atoms with Gasteiger partial charge in [0.25, 0.3) is 0 Å². The Balaban J connectivity index is 2.09. The minimum Gasteiger partial charge on any atom is -0.353 e. The maximum Gasteiger partial charge on any atom is 0.164 e. The highest BCUT2D eigenvalue weighted by atomic mass is 79.9. The molecule has 0 saturated carbocycles. The molecule has 3 heterocycles. The third-order valence-electron chi connectivity index (χ3n) is 4.53. The van der Waals surface area contributed by atoms with Gasteiger partial charge >= 0.3 is 0 Å². The van der Waals surface area contributed by atoms with Gasteiger partial charge in [0.05, 0.1) is 5.39 Å². The lowest BCUT2D eigenvalue weighted by Crippen LogP contribution is -2.45. The van der Waals surface area contributed by atoms with E-state index >= 15 is 0 Å². The lowest BCUT2D eigenvalue weighted by Gasteiger charge is -2.41. The Labute approximate surface area is 133 Å². The van der Waals surface area contributed by atoms with Gasteiger partial charge in [-0.2, -0.15) is 5.10 Å². The molecule has 2 atom stereocenters. The molecule has 5 nitrogen and oxygen atoms in total. The monoisotopic (exact) mass is 351 g/mol. The van der Waals surface area contributed by atoms with E-state index in [2.05, 4.69) is 49.7 Å². The number of nitrogens with zero attached hydrogens (tertiary/aromatic N) is 5. The van der Waals surface area contributed by atoms with Crippen LogP contribution in [0.3, 0.4) is 0 Å². The van der Waals surface area contributed by atoms with Crippen molar-refractivity contribution in [1.82, 2.24) is 19.7 Å². The Kier molecular flexibility index (Phi) is 4.15. The first-order chi connectivity index (χ1) is 10.1. The Morgan fingerprint density at radius 2 is 2.19 bits per heavy atom. The number of hydrogen-bond donors (Lipinski definition) is 0. The van der Waals surface area contributed by atoms with Gasteiger partial charge in [0, 0.05) is 19.6 Å².